The van der Waals surface area contributed by atoms with Crippen molar-refractivity contribution in [2.45, 2.75) is 12.5 Å². The standard InChI is InChI=1S/C9H11BrN4O/c1-14-5-7(10)8(13-14)2-9(15)6-3-11-12-4-6/h3-5,9,15H,2H2,1H3,(H,11,12). The fourth-order valence-corrected chi connectivity index (χ4v) is 1.93. The summed E-state index contributed by atoms with van der Waals surface area (Å²) in [5.41, 5.74) is 1.61. The Labute approximate surface area is 95.2 Å². The van der Waals surface area contributed by atoms with Crippen molar-refractivity contribution in [2.24, 2.45) is 7.05 Å². The predicted molar refractivity (Wildman–Crippen MR) is 58.2 cm³/mol. The van der Waals surface area contributed by atoms with Gasteiger partial charge in [0.15, 0.2) is 0 Å². The van der Waals surface area contributed by atoms with Gasteiger partial charge in [-0.15, -0.1) is 0 Å². The third-order valence-electron chi connectivity index (χ3n) is 2.15. The SMILES string of the molecule is Cn1cc(Br)c(CC(O)c2cn[nH]c2)n1. The first-order chi connectivity index (χ1) is 7.16. The highest BCUT2D eigenvalue weighted by atomic mass is 79.9. The smallest absolute Gasteiger partial charge is 0.0876 e. The van der Waals surface area contributed by atoms with Crippen LogP contribution in [0.25, 0.3) is 0 Å². The summed E-state index contributed by atoms with van der Waals surface area (Å²) in [4.78, 5) is 0. The Morgan fingerprint density at radius 2 is 2.47 bits per heavy atom. The van der Waals surface area contributed by atoms with Crippen LogP contribution in [-0.4, -0.2) is 25.1 Å². The van der Waals surface area contributed by atoms with Crippen molar-refractivity contribution in [2.75, 3.05) is 0 Å². The normalized spacial score (nSPS) is 13.0. The Hall–Kier alpha value is -1.14. The number of halogens is 1. The number of H-pyrrole nitrogens is 1. The van der Waals surface area contributed by atoms with Gasteiger partial charge in [0.2, 0.25) is 0 Å². The fraction of sp³-hybridized carbons (Fsp3) is 0.333. The minimum Gasteiger partial charge on any atom is -0.388 e. The molecule has 2 N–H and O–H groups in total. The molecule has 0 fully saturated rings. The van der Waals surface area contributed by atoms with E-state index in [2.05, 4.69) is 31.2 Å². The van der Waals surface area contributed by atoms with E-state index < -0.39 is 6.10 Å². The molecule has 2 aromatic rings. The molecule has 0 amide bonds. The molecule has 2 heterocycles. The number of hydrogen-bond acceptors (Lipinski definition) is 3. The first kappa shape index (κ1) is 10.4. The minimum absolute atomic E-state index is 0.473. The number of aryl methyl sites for hydroxylation is 1. The molecule has 0 aliphatic rings. The zero-order chi connectivity index (χ0) is 10.8. The van der Waals surface area contributed by atoms with Crippen molar-refractivity contribution < 1.29 is 5.11 Å². The van der Waals surface area contributed by atoms with Crippen LogP contribution >= 0.6 is 15.9 Å². The Kier molecular flexibility index (Phi) is 2.88. The lowest BCUT2D eigenvalue weighted by atomic mass is 10.1. The van der Waals surface area contributed by atoms with Crippen molar-refractivity contribution in [3.63, 3.8) is 0 Å². The largest absolute Gasteiger partial charge is 0.388 e. The Morgan fingerprint density at radius 3 is 3.00 bits per heavy atom. The molecule has 0 bridgehead atoms. The minimum atomic E-state index is -0.574. The zero-order valence-corrected chi connectivity index (χ0v) is 9.77. The number of hydrogen-bond donors (Lipinski definition) is 2. The van der Waals surface area contributed by atoms with E-state index in [4.69, 9.17) is 0 Å². The van der Waals surface area contributed by atoms with Gasteiger partial charge in [-0.25, -0.2) is 0 Å². The first-order valence-corrected chi connectivity index (χ1v) is 5.31. The van der Waals surface area contributed by atoms with E-state index in [-0.39, 0.29) is 0 Å². The molecular formula is C9H11BrN4O. The second-order valence-electron chi connectivity index (χ2n) is 3.35. The molecule has 0 aliphatic heterocycles. The van der Waals surface area contributed by atoms with Crippen LogP contribution in [0.1, 0.15) is 17.4 Å². The van der Waals surface area contributed by atoms with Gasteiger partial charge in [0.05, 0.1) is 22.5 Å². The van der Waals surface area contributed by atoms with E-state index in [0.29, 0.717) is 6.42 Å². The molecule has 2 aromatic heterocycles. The van der Waals surface area contributed by atoms with Crippen LogP contribution in [0.3, 0.4) is 0 Å². The van der Waals surface area contributed by atoms with E-state index >= 15 is 0 Å². The number of aromatic amines is 1. The topological polar surface area (TPSA) is 66.7 Å². The summed E-state index contributed by atoms with van der Waals surface area (Å²) in [6.45, 7) is 0. The predicted octanol–water partition coefficient (Wildman–Crippen LogP) is 1.18. The van der Waals surface area contributed by atoms with Crippen LogP contribution in [0.4, 0.5) is 0 Å². The lowest BCUT2D eigenvalue weighted by Gasteiger charge is -2.05. The zero-order valence-electron chi connectivity index (χ0n) is 8.18. The quantitative estimate of drug-likeness (QED) is 0.881. The summed E-state index contributed by atoms with van der Waals surface area (Å²) in [5, 5.41) is 20.6. The highest BCUT2D eigenvalue weighted by Crippen LogP contribution is 2.21. The molecule has 0 saturated heterocycles. The summed E-state index contributed by atoms with van der Waals surface area (Å²) in [6.07, 6.45) is 5.05. The van der Waals surface area contributed by atoms with Crippen molar-refractivity contribution in [3.8, 4) is 0 Å². The highest BCUT2D eigenvalue weighted by molar-refractivity contribution is 9.10. The highest BCUT2D eigenvalue weighted by Gasteiger charge is 2.13. The van der Waals surface area contributed by atoms with E-state index in [0.717, 1.165) is 15.7 Å². The van der Waals surface area contributed by atoms with E-state index in [1.54, 1.807) is 17.1 Å². The molecule has 0 radical (unpaired) electrons. The molecule has 2 rings (SSSR count). The first-order valence-electron chi connectivity index (χ1n) is 4.51. The summed E-state index contributed by atoms with van der Waals surface area (Å²) in [6, 6.07) is 0. The number of rotatable bonds is 3. The molecule has 15 heavy (non-hydrogen) atoms. The third-order valence-corrected chi connectivity index (χ3v) is 2.81. The van der Waals surface area contributed by atoms with Gasteiger partial charge in [0.25, 0.3) is 0 Å². The molecule has 0 aliphatic carbocycles. The van der Waals surface area contributed by atoms with Crippen LogP contribution in [-0.2, 0) is 13.5 Å². The molecular weight excluding hydrogens is 260 g/mol. The lowest BCUT2D eigenvalue weighted by Crippen LogP contribution is -2.02. The average molecular weight is 271 g/mol. The van der Waals surface area contributed by atoms with Gasteiger partial charge >= 0.3 is 0 Å². The Bertz CT molecular complexity index is 437. The van der Waals surface area contributed by atoms with E-state index in [1.165, 1.54) is 0 Å². The van der Waals surface area contributed by atoms with Crippen molar-refractivity contribution in [1.29, 1.82) is 0 Å². The maximum atomic E-state index is 9.87. The van der Waals surface area contributed by atoms with Crippen molar-refractivity contribution in [1.82, 2.24) is 20.0 Å². The van der Waals surface area contributed by atoms with Gasteiger partial charge in [-0.05, 0) is 15.9 Å². The van der Waals surface area contributed by atoms with Crippen LogP contribution < -0.4 is 0 Å². The average Bonchev–Trinajstić information content (AvgIpc) is 2.76. The number of nitrogens with one attached hydrogen (secondary N) is 1. The van der Waals surface area contributed by atoms with Crippen LogP contribution in [0, 0.1) is 0 Å². The molecule has 0 saturated carbocycles. The van der Waals surface area contributed by atoms with Crippen LogP contribution in [0.15, 0.2) is 23.1 Å². The van der Waals surface area contributed by atoms with Gasteiger partial charge in [-0.1, -0.05) is 0 Å². The fourth-order valence-electron chi connectivity index (χ4n) is 1.39. The Balaban J connectivity index is 2.12. The summed E-state index contributed by atoms with van der Waals surface area (Å²) >= 11 is 3.39. The van der Waals surface area contributed by atoms with Gasteiger partial charge in [0.1, 0.15) is 0 Å². The maximum absolute atomic E-state index is 9.87. The summed E-state index contributed by atoms with van der Waals surface area (Å²) in [7, 11) is 1.85. The van der Waals surface area contributed by atoms with Crippen molar-refractivity contribution in [3.05, 3.63) is 34.3 Å². The number of aliphatic hydroxyl groups is 1. The molecule has 1 atom stereocenters. The molecule has 6 heteroatoms. The number of nitrogens with zero attached hydrogens (tertiary/aromatic N) is 3. The lowest BCUT2D eigenvalue weighted by molar-refractivity contribution is 0.177. The number of aromatic nitrogens is 4. The third kappa shape index (κ3) is 2.27. The second kappa shape index (κ2) is 4.16. The van der Waals surface area contributed by atoms with Crippen LogP contribution in [0.5, 0.6) is 0 Å². The van der Waals surface area contributed by atoms with E-state index in [1.807, 2.05) is 13.2 Å². The maximum Gasteiger partial charge on any atom is 0.0876 e. The monoisotopic (exact) mass is 270 g/mol. The molecule has 0 aromatic carbocycles. The molecule has 5 nitrogen and oxygen atoms in total. The molecule has 0 spiro atoms. The van der Waals surface area contributed by atoms with Gasteiger partial charge in [0, 0.05) is 31.4 Å². The summed E-state index contributed by atoms with van der Waals surface area (Å²) < 4.78 is 2.62. The number of aliphatic hydroxyl groups excluding tert-OH is 1. The van der Waals surface area contributed by atoms with Gasteiger partial charge in [-0.3, -0.25) is 9.78 Å². The van der Waals surface area contributed by atoms with Crippen LogP contribution in [0.2, 0.25) is 0 Å². The summed E-state index contributed by atoms with van der Waals surface area (Å²) in [5.74, 6) is 0. The Morgan fingerprint density at radius 1 is 1.67 bits per heavy atom. The van der Waals surface area contributed by atoms with Crippen molar-refractivity contribution >= 4 is 15.9 Å². The molecule has 1 unspecified atom stereocenters. The second-order valence-corrected chi connectivity index (χ2v) is 4.20. The van der Waals surface area contributed by atoms with E-state index in [9.17, 15) is 5.11 Å². The van der Waals surface area contributed by atoms with Gasteiger partial charge < -0.3 is 5.11 Å². The van der Waals surface area contributed by atoms with Gasteiger partial charge in [-0.2, -0.15) is 10.2 Å². The molecule has 80 valence electrons.